The van der Waals surface area contributed by atoms with E-state index in [4.69, 9.17) is 0 Å². The number of allylic oxidation sites excluding steroid dienone is 1. The first-order chi connectivity index (χ1) is 13.7. The van der Waals surface area contributed by atoms with Crippen molar-refractivity contribution in [2.45, 2.75) is 76.7 Å². The molecule has 28 heavy (non-hydrogen) atoms. The Balaban J connectivity index is 1.19. The number of rotatable bonds is 4. The summed E-state index contributed by atoms with van der Waals surface area (Å²) in [7, 11) is 0. The van der Waals surface area contributed by atoms with Crippen LogP contribution < -0.4 is 0 Å². The summed E-state index contributed by atoms with van der Waals surface area (Å²) >= 11 is 0. The van der Waals surface area contributed by atoms with Gasteiger partial charge in [-0.2, -0.15) is 0 Å². The highest BCUT2D eigenvalue weighted by Crippen LogP contribution is 2.27. The minimum atomic E-state index is 0.250. The molecule has 5 heteroatoms. The monoisotopic (exact) mass is 387 g/mol. The molecule has 4 aliphatic rings. The number of hydrogen-bond donors (Lipinski definition) is 0. The molecule has 3 aliphatic heterocycles. The molecular weight excluding hydrogens is 350 g/mol. The first-order valence-electron chi connectivity index (χ1n) is 11.7. The topological polar surface area (TPSA) is 43.9 Å². The van der Waals surface area contributed by atoms with Crippen LogP contribution in [0.25, 0.3) is 0 Å². The van der Waals surface area contributed by atoms with E-state index >= 15 is 0 Å². The third-order valence-corrected chi connectivity index (χ3v) is 7.39. The SMILES string of the molecule is O=C(CC1=CCCCC1)N1CCC(N2CCC(C(=O)N3CCCC3)CC2)CC1. The molecule has 1 aliphatic carbocycles. The molecule has 3 fully saturated rings. The van der Waals surface area contributed by atoms with E-state index in [-0.39, 0.29) is 5.92 Å². The van der Waals surface area contributed by atoms with Crippen molar-refractivity contribution in [1.82, 2.24) is 14.7 Å². The number of hydrogen-bond acceptors (Lipinski definition) is 3. The quantitative estimate of drug-likeness (QED) is 0.696. The average molecular weight is 388 g/mol. The maximum atomic E-state index is 12.6. The molecule has 0 radical (unpaired) electrons. The van der Waals surface area contributed by atoms with E-state index < -0.39 is 0 Å². The van der Waals surface area contributed by atoms with Crippen LogP contribution >= 0.6 is 0 Å². The molecular formula is C23H37N3O2. The molecule has 3 heterocycles. The maximum Gasteiger partial charge on any atom is 0.226 e. The molecule has 0 bridgehead atoms. The highest BCUT2D eigenvalue weighted by atomic mass is 16.2. The molecule has 0 saturated carbocycles. The van der Waals surface area contributed by atoms with Gasteiger partial charge in [0.25, 0.3) is 0 Å². The number of carbonyl (C=O) groups is 2. The molecule has 4 rings (SSSR count). The van der Waals surface area contributed by atoms with Crippen LogP contribution in [0, 0.1) is 5.92 Å². The van der Waals surface area contributed by atoms with Gasteiger partial charge in [-0.15, -0.1) is 0 Å². The van der Waals surface area contributed by atoms with Crippen molar-refractivity contribution in [1.29, 1.82) is 0 Å². The Bertz CT molecular complexity index is 581. The Labute approximate surface area is 170 Å². The second-order valence-corrected chi connectivity index (χ2v) is 9.24. The van der Waals surface area contributed by atoms with E-state index in [0.29, 0.717) is 24.3 Å². The van der Waals surface area contributed by atoms with Crippen molar-refractivity contribution in [3.8, 4) is 0 Å². The number of piperidine rings is 2. The predicted octanol–water partition coefficient (Wildman–Crippen LogP) is 3.20. The van der Waals surface area contributed by atoms with Crippen molar-refractivity contribution in [2.24, 2.45) is 5.92 Å². The van der Waals surface area contributed by atoms with Crippen LogP contribution in [0.1, 0.15) is 70.6 Å². The molecule has 156 valence electrons. The third kappa shape index (κ3) is 4.79. The van der Waals surface area contributed by atoms with Crippen LogP contribution in [0.4, 0.5) is 0 Å². The first-order valence-corrected chi connectivity index (χ1v) is 11.7. The fourth-order valence-corrected chi connectivity index (χ4v) is 5.56. The lowest BCUT2D eigenvalue weighted by Gasteiger charge is -2.42. The van der Waals surface area contributed by atoms with Crippen LogP contribution in [0.3, 0.4) is 0 Å². The van der Waals surface area contributed by atoms with Gasteiger partial charge in [-0.05, 0) is 77.3 Å². The minimum absolute atomic E-state index is 0.250. The smallest absolute Gasteiger partial charge is 0.226 e. The van der Waals surface area contributed by atoms with Crippen LogP contribution in [-0.2, 0) is 9.59 Å². The van der Waals surface area contributed by atoms with E-state index in [1.165, 1.54) is 31.3 Å². The highest BCUT2D eigenvalue weighted by Gasteiger charge is 2.33. The zero-order valence-corrected chi connectivity index (χ0v) is 17.4. The van der Waals surface area contributed by atoms with E-state index in [1.807, 2.05) is 0 Å². The van der Waals surface area contributed by atoms with E-state index in [1.54, 1.807) is 0 Å². The zero-order chi connectivity index (χ0) is 19.3. The summed E-state index contributed by atoms with van der Waals surface area (Å²) in [5, 5.41) is 0. The van der Waals surface area contributed by atoms with Gasteiger partial charge in [0.15, 0.2) is 0 Å². The van der Waals surface area contributed by atoms with Crippen molar-refractivity contribution in [2.75, 3.05) is 39.3 Å². The number of carbonyl (C=O) groups excluding carboxylic acids is 2. The molecule has 0 aromatic heterocycles. The lowest BCUT2D eigenvalue weighted by Crippen LogP contribution is -2.50. The molecule has 3 saturated heterocycles. The van der Waals surface area contributed by atoms with Crippen LogP contribution in [0.15, 0.2) is 11.6 Å². The summed E-state index contributed by atoms with van der Waals surface area (Å²) in [6, 6.07) is 0.598. The lowest BCUT2D eigenvalue weighted by molar-refractivity contribution is -0.137. The molecule has 2 amide bonds. The van der Waals surface area contributed by atoms with Gasteiger partial charge in [0.1, 0.15) is 0 Å². The van der Waals surface area contributed by atoms with Crippen LogP contribution in [0.2, 0.25) is 0 Å². The lowest BCUT2D eigenvalue weighted by atomic mass is 9.92. The normalized spacial score (nSPS) is 25.8. The Morgan fingerprint density at radius 2 is 1.54 bits per heavy atom. The second-order valence-electron chi connectivity index (χ2n) is 9.24. The van der Waals surface area contributed by atoms with Gasteiger partial charge in [-0.1, -0.05) is 11.6 Å². The second kappa shape index (κ2) is 9.43. The fourth-order valence-electron chi connectivity index (χ4n) is 5.56. The van der Waals surface area contributed by atoms with E-state index in [0.717, 1.165) is 77.8 Å². The van der Waals surface area contributed by atoms with Gasteiger partial charge >= 0.3 is 0 Å². The van der Waals surface area contributed by atoms with Gasteiger partial charge in [0.2, 0.25) is 11.8 Å². The van der Waals surface area contributed by atoms with Crippen LogP contribution in [-0.4, -0.2) is 71.8 Å². The predicted molar refractivity (Wildman–Crippen MR) is 111 cm³/mol. The summed E-state index contributed by atoms with van der Waals surface area (Å²) < 4.78 is 0. The molecule has 0 unspecified atom stereocenters. The summed E-state index contributed by atoms with van der Waals surface area (Å²) in [4.78, 5) is 32.0. The Hall–Kier alpha value is -1.36. The standard InChI is InChI=1S/C23H37N3O2/c27-22(18-19-6-2-1-3-7-19)25-16-10-21(11-17-25)24-14-8-20(9-15-24)23(28)26-12-4-5-13-26/h6,20-21H,1-5,7-18H2. The Morgan fingerprint density at radius 3 is 2.18 bits per heavy atom. The molecule has 5 nitrogen and oxygen atoms in total. The number of nitrogens with zero attached hydrogens (tertiary/aromatic N) is 3. The van der Waals surface area contributed by atoms with Gasteiger partial charge in [0, 0.05) is 44.6 Å². The zero-order valence-electron chi connectivity index (χ0n) is 17.4. The molecule has 0 aromatic carbocycles. The molecule has 0 atom stereocenters. The minimum Gasteiger partial charge on any atom is -0.342 e. The number of likely N-dealkylation sites (tertiary alicyclic amines) is 3. The van der Waals surface area contributed by atoms with Crippen LogP contribution in [0.5, 0.6) is 0 Å². The van der Waals surface area contributed by atoms with Gasteiger partial charge < -0.3 is 14.7 Å². The number of amides is 2. The molecule has 0 aromatic rings. The Morgan fingerprint density at radius 1 is 0.821 bits per heavy atom. The Kier molecular flexibility index (Phi) is 6.71. The van der Waals surface area contributed by atoms with Gasteiger partial charge in [-0.3, -0.25) is 9.59 Å². The summed E-state index contributed by atoms with van der Waals surface area (Å²) in [5.74, 6) is 0.996. The first kappa shape index (κ1) is 19.9. The van der Waals surface area contributed by atoms with Crippen molar-refractivity contribution in [3.63, 3.8) is 0 Å². The maximum absolute atomic E-state index is 12.6. The third-order valence-electron chi connectivity index (χ3n) is 7.39. The molecule has 0 N–H and O–H groups in total. The highest BCUT2D eigenvalue weighted by molar-refractivity contribution is 5.79. The largest absolute Gasteiger partial charge is 0.342 e. The fraction of sp³-hybridized carbons (Fsp3) is 0.826. The average Bonchev–Trinajstić information content (AvgIpc) is 3.29. The molecule has 0 spiro atoms. The van der Waals surface area contributed by atoms with E-state index in [9.17, 15) is 9.59 Å². The van der Waals surface area contributed by atoms with Crippen molar-refractivity contribution in [3.05, 3.63) is 11.6 Å². The summed E-state index contributed by atoms with van der Waals surface area (Å²) in [6.07, 6.45) is 14.3. The van der Waals surface area contributed by atoms with Gasteiger partial charge in [0.05, 0.1) is 0 Å². The van der Waals surface area contributed by atoms with Gasteiger partial charge in [-0.25, -0.2) is 0 Å². The van der Waals surface area contributed by atoms with E-state index in [2.05, 4.69) is 20.8 Å². The van der Waals surface area contributed by atoms with Crippen molar-refractivity contribution < 1.29 is 9.59 Å². The summed E-state index contributed by atoms with van der Waals surface area (Å²) in [6.45, 7) is 5.86. The van der Waals surface area contributed by atoms with Crippen molar-refractivity contribution >= 4 is 11.8 Å². The summed E-state index contributed by atoms with van der Waals surface area (Å²) in [5.41, 5.74) is 1.36.